The van der Waals surface area contributed by atoms with Crippen LogP contribution in [0.3, 0.4) is 0 Å². The second kappa shape index (κ2) is 6.40. The summed E-state index contributed by atoms with van der Waals surface area (Å²) in [4.78, 5) is 35.8. The number of likely N-dealkylation sites (tertiary alicyclic amines) is 1. The van der Waals surface area contributed by atoms with Gasteiger partial charge in [-0.2, -0.15) is 0 Å². The van der Waals surface area contributed by atoms with E-state index in [1.807, 2.05) is 6.92 Å². The van der Waals surface area contributed by atoms with Crippen LogP contribution in [0.5, 0.6) is 0 Å². The molecule has 3 N–H and O–H groups in total. The SMILES string of the molecule is CNC(=O)C(C)NC(=O)N1CCC(C(=O)O)CC1C. The molecule has 0 aromatic carbocycles. The fraction of sp³-hybridized carbons (Fsp3) is 0.750. The van der Waals surface area contributed by atoms with E-state index >= 15 is 0 Å². The first-order valence-corrected chi connectivity index (χ1v) is 6.38. The highest BCUT2D eigenvalue weighted by atomic mass is 16.4. The van der Waals surface area contributed by atoms with Crippen LogP contribution in [0.1, 0.15) is 26.7 Å². The number of nitrogens with one attached hydrogen (secondary N) is 2. The molecule has 3 atom stereocenters. The molecule has 0 aliphatic carbocycles. The van der Waals surface area contributed by atoms with Gasteiger partial charge in [0.25, 0.3) is 0 Å². The van der Waals surface area contributed by atoms with Crippen LogP contribution in [0.2, 0.25) is 0 Å². The van der Waals surface area contributed by atoms with Crippen molar-refractivity contribution in [1.82, 2.24) is 15.5 Å². The third-order valence-electron chi connectivity index (χ3n) is 3.47. The molecule has 1 rings (SSSR count). The van der Waals surface area contributed by atoms with Crippen LogP contribution in [-0.4, -0.2) is 53.6 Å². The molecule has 108 valence electrons. The molecule has 1 aliphatic heterocycles. The van der Waals surface area contributed by atoms with E-state index in [4.69, 9.17) is 5.11 Å². The molecule has 3 unspecified atom stereocenters. The molecule has 19 heavy (non-hydrogen) atoms. The molecule has 0 aromatic rings. The number of urea groups is 1. The van der Waals surface area contributed by atoms with Crippen LogP contribution in [0, 0.1) is 5.92 Å². The number of carbonyl (C=O) groups excluding carboxylic acids is 2. The lowest BCUT2D eigenvalue weighted by molar-refractivity contribution is -0.143. The van der Waals surface area contributed by atoms with Crippen LogP contribution >= 0.6 is 0 Å². The summed E-state index contributed by atoms with van der Waals surface area (Å²) in [5.41, 5.74) is 0. The predicted molar refractivity (Wildman–Crippen MR) is 68.6 cm³/mol. The second-order valence-corrected chi connectivity index (χ2v) is 4.89. The average molecular weight is 271 g/mol. The predicted octanol–water partition coefficient (Wildman–Crippen LogP) is 0.0156. The maximum absolute atomic E-state index is 12.0. The minimum Gasteiger partial charge on any atom is -0.481 e. The van der Waals surface area contributed by atoms with E-state index in [0.717, 1.165) is 0 Å². The number of rotatable bonds is 3. The Morgan fingerprint density at radius 3 is 2.47 bits per heavy atom. The van der Waals surface area contributed by atoms with E-state index in [1.165, 1.54) is 7.05 Å². The zero-order valence-electron chi connectivity index (χ0n) is 11.5. The average Bonchev–Trinajstić information content (AvgIpc) is 2.37. The lowest BCUT2D eigenvalue weighted by Gasteiger charge is -2.36. The number of aliphatic carboxylic acids is 1. The van der Waals surface area contributed by atoms with Gasteiger partial charge < -0.3 is 20.6 Å². The van der Waals surface area contributed by atoms with Gasteiger partial charge in [0.2, 0.25) is 5.91 Å². The van der Waals surface area contributed by atoms with Crippen LogP contribution in [0.4, 0.5) is 4.79 Å². The monoisotopic (exact) mass is 271 g/mol. The van der Waals surface area contributed by atoms with Gasteiger partial charge >= 0.3 is 12.0 Å². The van der Waals surface area contributed by atoms with Crippen molar-refractivity contribution >= 4 is 17.9 Å². The Bertz CT molecular complexity index is 372. The van der Waals surface area contributed by atoms with Crippen molar-refractivity contribution in [2.24, 2.45) is 5.92 Å². The molecule has 0 aromatic heterocycles. The van der Waals surface area contributed by atoms with E-state index in [1.54, 1.807) is 11.8 Å². The second-order valence-electron chi connectivity index (χ2n) is 4.89. The Morgan fingerprint density at radius 1 is 1.37 bits per heavy atom. The van der Waals surface area contributed by atoms with Crippen molar-refractivity contribution in [3.63, 3.8) is 0 Å². The lowest BCUT2D eigenvalue weighted by Crippen LogP contribution is -2.54. The summed E-state index contributed by atoms with van der Waals surface area (Å²) in [7, 11) is 1.51. The van der Waals surface area contributed by atoms with Crippen molar-refractivity contribution < 1.29 is 19.5 Å². The van der Waals surface area contributed by atoms with E-state index < -0.39 is 17.9 Å². The Morgan fingerprint density at radius 2 is 2.00 bits per heavy atom. The number of nitrogens with zero attached hydrogens (tertiary/aromatic N) is 1. The highest BCUT2D eigenvalue weighted by molar-refractivity contribution is 5.86. The standard InChI is InChI=1S/C12H21N3O4/c1-7-6-9(11(17)18)4-5-15(7)12(19)14-8(2)10(16)13-3/h7-9H,4-6H2,1-3H3,(H,13,16)(H,14,19)(H,17,18). The highest BCUT2D eigenvalue weighted by Crippen LogP contribution is 2.22. The summed E-state index contributed by atoms with van der Waals surface area (Å²) in [6.07, 6.45) is 0.887. The number of piperidine rings is 1. The number of likely N-dealkylation sites (N-methyl/N-ethyl adjacent to an activating group) is 1. The van der Waals surface area contributed by atoms with E-state index in [-0.39, 0.29) is 18.0 Å². The summed E-state index contributed by atoms with van der Waals surface area (Å²) < 4.78 is 0. The summed E-state index contributed by atoms with van der Waals surface area (Å²) in [6, 6.07) is -1.08. The molecule has 0 saturated carbocycles. The Labute approximate surface area is 112 Å². The summed E-state index contributed by atoms with van der Waals surface area (Å²) in [5.74, 6) is -1.47. The zero-order valence-corrected chi connectivity index (χ0v) is 11.5. The molecule has 1 fully saturated rings. The first-order valence-electron chi connectivity index (χ1n) is 6.38. The van der Waals surface area contributed by atoms with Gasteiger partial charge in [0.15, 0.2) is 0 Å². The summed E-state index contributed by atoms with van der Waals surface area (Å²) in [5, 5.41) is 14.0. The minimum absolute atomic E-state index is 0.147. The normalized spacial score (nSPS) is 24.5. The number of carboxylic acid groups (broad SMARTS) is 1. The maximum atomic E-state index is 12.0. The van der Waals surface area contributed by atoms with Crippen LogP contribution in [0.15, 0.2) is 0 Å². The zero-order chi connectivity index (χ0) is 14.6. The van der Waals surface area contributed by atoms with Gasteiger partial charge in [-0.1, -0.05) is 0 Å². The third-order valence-corrected chi connectivity index (χ3v) is 3.47. The molecule has 1 aliphatic rings. The maximum Gasteiger partial charge on any atom is 0.318 e. The Kier molecular flexibility index (Phi) is 5.14. The molecule has 7 nitrogen and oxygen atoms in total. The first-order chi connectivity index (χ1) is 8.86. The summed E-state index contributed by atoms with van der Waals surface area (Å²) in [6.45, 7) is 3.81. The molecule has 0 radical (unpaired) electrons. The van der Waals surface area contributed by atoms with Crippen molar-refractivity contribution in [1.29, 1.82) is 0 Å². The molecule has 1 saturated heterocycles. The lowest BCUT2D eigenvalue weighted by atomic mass is 9.92. The summed E-state index contributed by atoms with van der Waals surface area (Å²) >= 11 is 0. The largest absolute Gasteiger partial charge is 0.481 e. The topological polar surface area (TPSA) is 98.7 Å². The molecule has 0 spiro atoms. The van der Waals surface area contributed by atoms with Crippen LogP contribution in [0.25, 0.3) is 0 Å². The molecular weight excluding hydrogens is 250 g/mol. The molecule has 3 amide bonds. The van der Waals surface area contributed by atoms with Gasteiger partial charge in [-0.25, -0.2) is 4.79 Å². The third kappa shape index (κ3) is 3.84. The van der Waals surface area contributed by atoms with Crippen LogP contribution in [-0.2, 0) is 9.59 Å². The number of carbonyl (C=O) groups is 3. The Balaban J connectivity index is 2.55. The molecule has 1 heterocycles. The molecule has 0 bridgehead atoms. The van der Waals surface area contributed by atoms with Gasteiger partial charge in [0.05, 0.1) is 5.92 Å². The quantitative estimate of drug-likeness (QED) is 0.673. The van der Waals surface area contributed by atoms with Gasteiger partial charge in [-0.15, -0.1) is 0 Å². The van der Waals surface area contributed by atoms with Crippen molar-refractivity contribution in [2.75, 3.05) is 13.6 Å². The first kappa shape index (κ1) is 15.3. The van der Waals surface area contributed by atoms with Gasteiger partial charge in [-0.05, 0) is 26.7 Å². The van der Waals surface area contributed by atoms with Crippen molar-refractivity contribution in [2.45, 2.75) is 38.8 Å². The number of hydrogen-bond acceptors (Lipinski definition) is 3. The number of amides is 3. The number of hydrogen-bond donors (Lipinski definition) is 3. The minimum atomic E-state index is -0.814. The van der Waals surface area contributed by atoms with Crippen molar-refractivity contribution in [3.05, 3.63) is 0 Å². The van der Waals surface area contributed by atoms with E-state index in [0.29, 0.717) is 19.4 Å². The van der Waals surface area contributed by atoms with Gasteiger partial charge in [-0.3, -0.25) is 9.59 Å². The Hall–Kier alpha value is -1.79. The fourth-order valence-corrected chi connectivity index (χ4v) is 2.25. The fourth-order valence-electron chi connectivity index (χ4n) is 2.25. The molecule has 7 heteroatoms. The highest BCUT2D eigenvalue weighted by Gasteiger charge is 2.32. The van der Waals surface area contributed by atoms with Gasteiger partial charge in [0, 0.05) is 19.6 Å². The van der Waals surface area contributed by atoms with Crippen LogP contribution < -0.4 is 10.6 Å². The van der Waals surface area contributed by atoms with Gasteiger partial charge in [0.1, 0.15) is 6.04 Å². The van der Waals surface area contributed by atoms with E-state index in [9.17, 15) is 14.4 Å². The van der Waals surface area contributed by atoms with Crippen molar-refractivity contribution in [3.8, 4) is 0 Å². The van der Waals surface area contributed by atoms with E-state index in [2.05, 4.69) is 10.6 Å². The molecular formula is C12H21N3O4. The number of carboxylic acids is 1. The smallest absolute Gasteiger partial charge is 0.318 e.